The minimum Gasteiger partial charge on any atom is -0.398 e. The van der Waals surface area contributed by atoms with Gasteiger partial charge in [0.2, 0.25) is 0 Å². The average Bonchev–Trinajstić information content (AvgIpc) is 2.39. The van der Waals surface area contributed by atoms with Gasteiger partial charge in [-0.25, -0.2) is 8.42 Å². The van der Waals surface area contributed by atoms with E-state index in [4.69, 9.17) is 5.73 Å². The van der Waals surface area contributed by atoms with Crippen LogP contribution in [-0.2, 0) is 10.0 Å². The zero-order valence-electron chi connectivity index (χ0n) is 12.7. The number of benzene rings is 2. The van der Waals surface area contributed by atoms with Crippen molar-refractivity contribution in [3.8, 4) is 0 Å². The SMILES string of the molecule is Cc1ccc(C)c(NS(=O)(=O)c2cc(C)c(C)c(N)c2)c1. The minimum absolute atomic E-state index is 0.184. The Morgan fingerprint density at radius 1 is 0.952 bits per heavy atom. The maximum Gasteiger partial charge on any atom is 0.261 e. The highest BCUT2D eigenvalue weighted by atomic mass is 32.2. The normalized spacial score (nSPS) is 11.4. The molecule has 2 aromatic carbocycles. The van der Waals surface area contributed by atoms with Crippen molar-refractivity contribution in [1.82, 2.24) is 0 Å². The molecule has 2 rings (SSSR count). The minimum atomic E-state index is -3.64. The van der Waals surface area contributed by atoms with Crippen molar-refractivity contribution in [2.45, 2.75) is 32.6 Å². The number of hydrogen-bond acceptors (Lipinski definition) is 3. The Hall–Kier alpha value is -2.01. The highest BCUT2D eigenvalue weighted by molar-refractivity contribution is 7.92. The average molecular weight is 304 g/mol. The van der Waals surface area contributed by atoms with E-state index in [1.807, 2.05) is 45.9 Å². The van der Waals surface area contributed by atoms with E-state index in [1.165, 1.54) is 6.07 Å². The lowest BCUT2D eigenvalue weighted by Crippen LogP contribution is -2.14. The fourth-order valence-electron chi connectivity index (χ4n) is 2.06. The Morgan fingerprint density at radius 3 is 2.24 bits per heavy atom. The molecule has 0 fully saturated rings. The Balaban J connectivity index is 2.46. The van der Waals surface area contributed by atoms with Gasteiger partial charge in [-0.3, -0.25) is 4.72 Å². The number of rotatable bonds is 3. The number of nitrogens with one attached hydrogen (secondary N) is 1. The van der Waals surface area contributed by atoms with Crippen LogP contribution in [-0.4, -0.2) is 8.42 Å². The van der Waals surface area contributed by atoms with E-state index in [0.29, 0.717) is 11.4 Å². The third kappa shape index (κ3) is 3.19. The molecule has 0 saturated heterocycles. The molecule has 0 aliphatic carbocycles. The second-order valence-corrected chi connectivity index (χ2v) is 7.06. The topological polar surface area (TPSA) is 72.2 Å². The van der Waals surface area contributed by atoms with Crippen LogP contribution in [0, 0.1) is 27.7 Å². The molecule has 0 amide bonds. The first-order valence-corrected chi connectivity index (χ1v) is 8.16. The van der Waals surface area contributed by atoms with Gasteiger partial charge in [-0.1, -0.05) is 12.1 Å². The van der Waals surface area contributed by atoms with Gasteiger partial charge in [0.15, 0.2) is 0 Å². The van der Waals surface area contributed by atoms with Gasteiger partial charge in [0, 0.05) is 5.69 Å². The summed E-state index contributed by atoms with van der Waals surface area (Å²) < 4.78 is 27.7. The Kier molecular flexibility index (Phi) is 3.96. The predicted molar refractivity (Wildman–Crippen MR) is 87.1 cm³/mol. The molecule has 0 spiro atoms. The van der Waals surface area contributed by atoms with Crippen LogP contribution in [0.1, 0.15) is 22.3 Å². The summed E-state index contributed by atoms with van der Waals surface area (Å²) in [6.45, 7) is 7.51. The number of anilines is 2. The molecule has 0 atom stereocenters. The molecule has 0 radical (unpaired) electrons. The largest absolute Gasteiger partial charge is 0.398 e. The Morgan fingerprint density at radius 2 is 1.62 bits per heavy atom. The summed E-state index contributed by atoms with van der Waals surface area (Å²) in [6, 6.07) is 8.79. The standard InChI is InChI=1S/C16H20N2O2S/c1-10-5-6-11(2)16(7-10)18-21(19,20)14-8-12(3)13(4)15(17)9-14/h5-9,18H,17H2,1-4H3. The monoisotopic (exact) mass is 304 g/mol. The van der Waals surface area contributed by atoms with Crippen LogP contribution in [0.2, 0.25) is 0 Å². The molecule has 0 bridgehead atoms. The summed E-state index contributed by atoms with van der Waals surface area (Å²) in [4.78, 5) is 0.184. The number of nitrogen functional groups attached to an aromatic ring is 1. The fraction of sp³-hybridized carbons (Fsp3) is 0.250. The highest BCUT2D eigenvalue weighted by Crippen LogP contribution is 2.25. The summed E-state index contributed by atoms with van der Waals surface area (Å²) in [5, 5.41) is 0. The van der Waals surface area contributed by atoms with E-state index in [-0.39, 0.29) is 4.90 Å². The van der Waals surface area contributed by atoms with Crippen LogP contribution < -0.4 is 10.5 Å². The van der Waals surface area contributed by atoms with E-state index in [9.17, 15) is 8.42 Å². The number of hydrogen-bond donors (Lipinski definition) is 2. The predicted octanol–water partition coefficient (Wildman–Crippen LogP) is 3.30. The van der Waals surface area contributed by atoms with Crippen LogP contribution in [0.3, 0.4) is 0 Å². The molecular formula is C16H20N2O2S. The quantitative estimate of drug-likeness (QED) is 0.855. The smallest absolute Gasteiger partial charge is 0.261 e. The van der Waals surface area contributed by atoms with Crippen molar-refractivity contribution in [3.05, 3.63) is 52.6 Å². The molecular weight excluding hydrogens is 284 g/mol. The van der Waals surface area contributed by atoms with E-state index in [2.05, 4.69) is 4.72 Å². The summed E-state index contributed by atoms with van der Waals surface area (Å²) in [5.41, 5.74) is 10.6. The third-order valence-corrected chi connectivity index (χ3v) is 4.97. The van der Waals surface area contributed by atoms with Gasteiger partial charge in [-0.05, 0) is 68.1 Å². The van der Waals surface area contributed by atoms with E-state index >= 15 is 0 Å². The van der Waals surface area contributed by atoms with Crippen molar-refractivity contribution in [1.29, 1.82) is 0 Å². The third-order valence-electron chi connectivity index (χ3n) is 3.63. The van der Waals surface area contributed by atoms with E-state index in [0.717, 1.165) is 22.3 Å². The molecule has 5 heteroatoms. The van der Waals surface area contributed by atoms with Crippen LogP contribution in [0.25, 0.3) is 0 Å². The molecule has 3 N–H and O–H groups in total. The van der Waals surface area contributed by atoms with Gasteiger partial charge in [-0.15, -0.1) is 0 Å². The van der Waals surface area contributed by atoms with Crippen molar-refractivity contribution in [2.24, 2.45) is 0 Å². The van der Waals surface area contributed by atoms with Crippen LogP contribution >= 0.6 is 0 Å². The Bertz CT molecular complexity index is 773. The maximum atomic E-state index is 12.5. The van der Waals surface area contributed by atoms with Crippen molar-refractivity contribution < 1.29 is 8.42 Å². The zero-order valence-corrected chi connectivity index (χ0v) is 13.5. The number of nitrogens with two attached hydrogens (primary N) is 1. The van der Waals surface area contributed by atoms with Crippen molar-refractivity contribution in [3.63, 3.8) is 0 Å². The molecule has 0 saturated carbocycles. The Labute approximate surface area is 126 Å². The van der Waals surface area contributed by atoms with Crippen LogP contribution in [0.5, 0.6) is 0 Å². The lowest BCUT2D eigenvalue weighted by atomic mass is 10.1. The summed E-state index contributed by atoms with van der Waals surface area (Å²) in [7, 11) is -3.64. The lowest BCUT2D eigenvalue weighted by molar-refractivity contribution is 0.601. The first kappa shape index (κ1) is 15.4. The molecule has 21 heavy (non-hydrogen) atoms. The fourth-order valence-corrected chi connectivity index (χ4v) is 3.30. The van der Waals surface area contributed by atoms with Gasteiger partial charge < -0.3 is 5.73 Å². The summed E-state index contributed by atoms with van der Waals surface area (Å²) in [5.74, 6) is 0. The molecule has 0 unspecified atom stereocenters. The number of aryl methyl sites for hydroxylation is 3. The second-order valence-electron chi connectivity index (χ2n) is 5.38. The molecule has 0 aliphatic rings. The molecule has 4 nitrogen and oxygen atoms in total. The first-order chi connectivity index (χ1) is 9.70. The molecule has 0 aromatic heterocycles. The first-order valence-electron chi connectivity index (χ1n) is 6.67. The summed E-state index contributed by atoms with van der Waals surface area (Å²) in [6.07, 6.45) is 0. The zero-order chi connectivity index (χ0) is 15.8. The van der Waals surface area contributed by atoms with Gasteiger partial charge in [0.25, 0.3) is 10.0 Å². The van der Waals surface area contributed by atoms with Crippen molar-refractivity contribution in [2.75, 3.05) is 10.5 Å². The van der Waals surface area contributed by atoms with Gasteiger partial charge >= 0.3 is 0 Å². The maximum absolute atomic E-state index is 12.5. The highest BCUT2D eigenvalue weighted by Gasteiger charge is 2.17. The van der Waals surface area contributed by atoms with Gasteiger partial charge in [0.05, 0.1) is 10.6 Å². The van der Waals surface area contributed by atoms with Gasteiger partial charge in [0.1, 0.15) is 0 Å². The lowest BCUT2D eigenvalue weighted by Gasteiger charge is -2.13. The van der Waals surface area contributed by atoms with Crippen molar-refractivity contribution >= 4 is 21.4 Å². The molecule has 112 valence electrons. The molecule has 0 aliphatic heterocycles. The van der Waals surface area contributed by atoms with E-state index in [1.54, 1.807) is 6.07 Å². The molecule has 2 aromatic rings. The van der Waals surface area contributed by atoms with E-state index < -0.39 is 10.0 Å². The molecule has 0 heterocycles. The van der Waals surface area contributed by atoms with Crippen LogP contribution in [0.4, 0.5) is 11.4 Å². The van der Waals surface area contributed by atoms with Gasteiger partial charge in [-0.2, -0.15) is 0 Å². The van der Waals surface area contributed by atoms with Crippen LogP contribution in [0.15, 0.2) is 35.2 Å². The second kappa shape index (κ2) is 5.41. The number of sulfonamides is 1. The summed E-state index contributed by atoms with van der Waals surface area (Å²) >= 11 is 0.